The maximum atomic E-state index is 12.6. The Hall–Kier alpha value is -1.84. The van der Waals surface area contributed by atoms with E-state index in [2.05, 4.69) is 50.4 Å². The third-order valence-electron chi connectivity index (χ3n) is 5.44. The smallest absolute Gasteiger partial charge is 0.223 e. The summed E-state index contributed by atoms with van der Waals surface area (Å²) in [6.07, 6.45) is 9.70. The van der Waals surface area contributed by atoms with Crippen LogP contribution in [0.1, 0.15) is 89.7 Å². The zero-order chi connectivity index (χ0) is 20.4. The van der Waals surface area contributed by atoms with E-state index < -0.39 is 0 Å². The molecule has 0 spiro atoms. The minimum Gasteiger partial charge on any atom is -0.353 e. The Morgan fingerprint density at radius 3 is 2.39 bits per heavy atom. The summed E-state index contributed by atoms with van der Waals surface area (Å²) < 4.78 is 0. The number of hydrogen-bond donors (Lipinski definition) is 1. The number of rotatable bonds is 13. The van der Waals surface area contributed by atoms with Crippen LogP contribution < -0.4 is 5.32 Å². The normalized spacial score (nSPS) is 13.6. The molecule has 1 aromatic carbocycles. The minimum absolute atomic E-state index is 0.209. The summed E-state index contributed by atoms with van der Waals surface area (Å²) in [4.78, 5) is 26.4. The summed E-state index contributed by atoms with van der Waals surface area (Å²) in [6.45, 7) is 7.01. The lowest BCUT2D eigenvalue weighted by Gasteiger charge is -2.28. The van der Waals surface area contributed by atoms with Crippen LogP contribution in [0.2, 0.25) is 0 Å². The Kier molecular flexibility index (Phi) is 9.52. The van der Waals surface area contributed by atoms with Crippen LogP contribution in [0, 0.1) is 0 Å². The van der Waals surface area contributed by atoms with Crippen molar-refractivity contribution < 1.29 is 9.59 Å². The lowest BCUT2D eigenvalue weighted by Crippen LogP contribution is -2.36. The number of unbranched alkanes of at least 4 members (excludes halogenated alkanes) is 3. The molecule has 0 heterocycles. The highest BCUT2D eigenvalue weighted by Gasteiger charge is 2.22. The number of carbonyl (C=O) groups excluding carboxylic acids is 2. The Morgan fingerprint density at radius 1 is 1.04 bits per heavy atom. The van der Waals surface area contributed by atoms with E-state index in [1.54, 1.807) is 0 Å². The number of carbonyl (C=O) groups is 2. The van der Waals surface area contributed by atoms with Crippen molar-refractivity contribution in [2.24, 2.45) is 0 Å². The van der Waals surface area contributed by atoms with Crippen molar-refractivity contribution >= 4 is 11.8 Å². The topological polar surface area (TPSA) is 49.4 Å². The molecule has 156 valence electrons. The zero-order valence-corrected chi connectivity index (χ0v) is 18.0. The average molecular weight is 387 g/mol. The number of benzene rings is 1. The maximum Gasteiger partial charge on any atom is 0.223 e. The maximum absolute atomic E-state index is 12.6. The van der Waals surface area contributed by atoms with Gasteiger partial charge in [-0.25, -0.2) is 0 Å². The van der Waals surface area contributed by atoms with Crippen LogP contribution in [0.15, 0.2) is 24.3 Å². The van der Waals surface area contributed by atoms with Crippen molar-refractivity contribution in [1.29, 1.82) is 0 Å². The van der Waals surface area contributed by atoms with Crippen LogP contribution in [-0.4, -0.2) is 28.8 Å². The predicted molar refractivity (Wildman–Crippen MR) is 115 cm³/mol. The van der Waals surface area contributed by atoms with Crippen LogP contribution in [-0.2, 0) is 22.6 Å². The van der Waals surface area contributed by atoms with E-state index in [0.29, 0.717) is 25.4 Å². The monoisotopic (exact) mass is 386 g/mol. The van der Waals surface area contributed by atoms with Gasteiger partial charge in [-0.2, -0.15) is 0 Å². The van der Waals surface area contributed by atoms with E-state index >= 15 is 0 Å². The second-order valence-electron chi connectivity index (χ2n) is 8.39. The van der Waals surface area contributed by atoms with E-state index in [4.69, 9.17) is 0 Å². The van der Waals surface area contributed by atoms with Crippen LogP contribution in [0.4, 0.5) is 0 Å². The second-order valence-corrected chi connectivity index (χ2v) is 8.39. The SMILES string of the molecule is CCCCC(=O)N(Cc1ccccc1CCCCCC(=O)NC1CC1)C(C)C. The summed E-state index contributed by atoms with van der Waals surface area (Å²) in [6, 6.07) is 9.16. The molecule has 1 saturated carbocycles. The Bertz CT molecular complexity index is 623. The van der Waals surface area contributed by atoms with Gasteiger partial charge in [-0.3, -0.25) is 9.59 Å². The van der Waals surface area contributed by atoms with Gasteiger partial charge in [-0.1, -0.05) is 44.0 Å². The standard InChI is InChI=1S/C24H38N2O2/c1-4-5-15-24(28)26(19(2)3)18-21-13-10-9-12-20(21)11-7-6-8-14-23(27)25-22-16-17-22/h9-10,12-13,19,22H,4-8,11,14-18H2,1-3H3,(H,25,27). The largest absolute Gasteiger partial charge is 0.353 e. The van der Waals surface area contributed by atoms with Gasteiger partial charge in [0.1, 0.15) is 0 Å². The highest BCUT2D eigenvalue weighted by Crippen LogP contribution is 2.20. The molecule has 1 aliphatic rings. The van der Waals surface area contributed by atoms with Crippen molar-refractivity contribution in [2.45, 2.75) is 104 Å². The Balaban J connectivity index is 1.81. The van der Waals surface area contributed by atoms with E-state index in [1.165, 1.54) is 11.1 Å². The Labute approximate surface area is 171 Å². The number of amides is 2. The van der Waals surface area contributed by atoms with Crippen LogP contribution in [0.3, 0.4) is 0 Å². The first-order valence-corrected chi connectivity index (χ1v) is 11.2. The minimum atomic E-state index is 0.209. The van der Waals surface area contributed by atoms with Gasteiger partial charge in [0.05, 0.1) is 0 Å². The predicted octanol–water partition coefficient (Wildman–Crippen LogP) is 5.00. The highest BCUT2D eigenvalue weighted by molar-refractivity contribution is 5.76. The van der Waals surface area contributed by atoms with Gasteiger partial charge in [0.2, 0.25) is 11.8 Å². The number of aryl methyl sites for hydroxylation is 1. The molecule has 1 fully saturated rings. The van der Waals surface area contributed by atoms with Crippen molar-refractivity contribution in [3.05, 3.63) is 35.4 Å². The zero-order valence-electron chi connectivity index (χ0n) is 18.0. The third kappa shape index (κ3) is 8.04. The fourth-order valence-electron chi connectivity index (χ4n) is 3.47. The third-order valence-corrected chi connectivity index (χ3v) is 5.44. The molecule has 0 radical (unpaired) electrons. The van der Waals surface area contributed by atoms with Gasteiger partial charge < -0.3 is 10.2 Å². The van der Waals surface area contributed by atoms with Crippen LogP contribution >= 0.6 is 0 Å². The summed E-state index contributed by atoms with van der Waals surface area (Å²) in [7, 11) is 0. The number of hydrogen-bond acceptors (Lipinski definition) is 2. The highest BCUT2D eigenvalue weighted by atomic mass is 16.2. The average Bonchev–Trinajstić information content (AvgIpc) is 3.48. The van der Waals surface area contributed by atoms with Crippen molar-refractivity contribution in [3.8, 4) is 0 Å². The molecule has 0 bridgehead atoms. The molecule has 1 aliphatic carbocycles. The molecular weight excluding hydrogens is 348 g/mol. The first-order valence-electron chi connectivity index (χ1n) is 11.2. The molecule has 0 saturated heterocycles. The number of nitrogens with one attached hydrogen (secondary N) is 1. The van der Waals surface area contributed by atoms with Crippen molar-refractivity contribution in [2.75, 3.05) is 0 Å². The van der Waals surface area contributed by atoms with Crippen LogP contribution in [0.25, 0.3) is 0 Å². The molecule has 1 N–H and O–H groups in total. The molecule has 2 rings (SSSR count). The lowest BCUT2D eigenvalue weighted by molar-refractivity contribution is -0.133. The molecular formula is C24H38N2O2. The Morgan fingerprint density at radius 2 is 1.75 bits per heavy atom. The summed E-state index contributed by atoms with van der Waals surface area (Å²) in [5, 5.41) is 3.05. The summed E-state index contributed by atoms with van der Waals surface area (Å²) in [5.41, 5.74) is 2.59. The molecule has 28 heavy (non-hydrogen) atoms. The molecule has 0 aromatic heterocycles. The van der Waals surface area contributed by atoms with Gasteiger partial charge in [0.15, 0.2) is 0 Å². The van der Waals surface area contributed by atoms with Gasteiger partial charge in [0, 0.05) is 31.5 Å². The van der Waals surface area contributed by atoms with Gasteiger partial charge >= 0.3 is 0 Å². The summed E-state index contributed by atoms with van der Waals surface area (Å²) in [5.74, 6) is 0.467. The quantitative estimate of drug-likeness (QED) is 0.485. The van der Waals surface area contributed by atoms with E-state index in [1.807, 2.05) is 4.90 Å². The van der Waals surface area contributed by atoms with Crippen molar-refractivity contribution in [1.82, 2.24) is 10.2 Å². The van der Waals surface area contributed by atoms with Gasteiger partial charge in [-0.05, 0) is 63.5 Å². The van der Waals surface area contributed by atoms with Gasteiger partial charge in [0.25, 0.3) is 0 Å². The fraction of sp³-hybridized carbons (Fsp3) is 0.667. The molecule has 2 amide bonds. The molecule has 0 atom stereocenters. The first kappa shape index (κ1) is 22.4. The number of nitrogens with zero attached hydrogens (tertiary/aromatic N) is 1. The van der Waals surface area contributed by atoms with Gasteiger partial charge in [-0.15, -0.1) is 0 Å². The molecule has 0 unspecified atom stereocenters. The van der Waals surface area contributed by atoms with Crippen molar-refractivity contribution in [3.63, 3.8) is 0 Å². The van der Waals surface area contributed by atoms with Crippen LogP contribution in [0.5, 0.6) is 0 Å². The van der Waals surface area contributed by atoms with E-state index in [9.17, 15) is 9.59 Å². The summed E-state index contributed by atoms with van der Waals surface area (Å²) >= 11 is 0. The molecule has 4 heteroatoms. The first-order chi connectivity index (χ1) is 13.5. The molecule has 0 aliphatic heterocycles. The fourth-order valence-corrected chi connectivity index (χ4v) is 3.47. The lowest BCUT2D eigenvalue weighted by atomic mass is 10.00. The second kappa shape index (κ2) is 11.9. The molecule has 4 nitrogen and oxygen atoms in total. The van der Waals surface area contributed by atoms with E-state index in [-0.39, 0.29) is 17.9 Å². The van der Waals surface area contributed by atoms with E-state index in [0.717, 1.165) is 51.4 Å². The molecule has 1 aromatic rings.